The monoisotopic (exact) mass is 171 g/mol. The summed E-state index contributed by atoms with van der Waals surface area (Å²) >= 11 is 0. The van der Waals surface area contributed by atoms with Crippen LogP contribution in [-0.4, -0.2) is 25.7 Å². The van der Waals surface area contributed by atoms with E-state index < -0.39 is 0 Å². The third-order valence-corrected chi connectivity index (χ3v) is 2.42. The highest BCUT2D eigenvalue weighted by Gasteiger charge is 2.33. The van der Waals surface area contributed by atoms with Crippen LogP contribution in [0.4, 0.5) is 0 Å². The molecular formula is C9H17NO2. The predicted molar refractivity (Wildman–Crippen MR) is 46.8 cm³/mol. The molecule has 1 fully saturated rings. The minimum absolute atomic E-state index is 0.115. The Bertz CT molecular complexity index is 173. The minimum Gasteiger partial charge on any atom is -0.469 e. The van der Waals surface area contributed by atoms with E-state index in [1.165, 1.54) is 13.5 Å². The SMILES string of the molecule is COC(=O)C(C)(C)CC1CCN1. The first-order chi connectivity index (χ1) is 5.56. The smallest absolute Gasteiger partial charge is 0.311 e. The molecule has 1 atom stereocenters. The zero-order valence-electron chi connectivity index (χ0n) is 8.02. The van der Waals surface area contributed by atoms with Crippen molar-refractivity contribution < 1.29 is 9.53 Å². The summed E-state index contributed by atoms with van der Waals surface area (Å²) in [6, 6.07) is 0.513. The zero-order valence-corrected chi connectivity index (χ0v) is 8.02. The number of esters is 1. The molecule has 1 N–H and O–H groups in total. The minimum atomic E-state index is -0.340. The Balaban J connectivity index is 2.40. The van der Waals surface area contributed by atoms with Gasteiger partial charge in [-0.05, 0) is 33.2 Å². The first kappa shape index (κ1) is 9.52. The van der Waals surface area contributed by atoms with E-state index in [-0.39, 0.29) is 11.4 Å². The molecule has 0 aromatic heterocycles. The van der Waals surface area contributed by atoms with E-state index in [2.05, 4.69) is 5.32 Å². The van der Waals surface area contributed by atoms with Crippen LogP contribution in [0.2, 0.25) is 0 Å². The second kappa shape index (κ2) is 3.44. The molecule has 0 amide bonds. The van der Waals surface area contributed by atoms with Crippen molar-refractivity contribution in [2.45, 2.75) is 32.7 Å². The molecule has 1 unspecified atom stereocenters. The van der Waals surface area contributed by atoms with Gasteiger partial charge in [0.15, 0.2) is 0 Å². The van der Waals surface area contributed by atoms with E-state index in [0.29, 0.717) is 6.04 Å². The molecule has 12 heavy (non-hydrogen) atoms. The van der Waals surface area contributed by atoms with E-state index in [1.807, 2.05) is 13.8 Å². The van der Waals surface area contributed by atoms with Gasteiger partial charge < -0.3 is 10.1 Å². The number of rotatable bonds is 3. The summed E-state index contributed by atoms with van der Waals surface area (Å²) < 4.78 is 4.72. The van der Waals surface area contributed by atoms with Gasteiger partial charge in [-0.1, -0.05) is 0 Å². The van der Waals surface area contributed by atoms with Gasteiger partial charge in [-0.3, -0.25) is 4.79 Å². The van der Waals surface area contributed by atoms with Gasteiger partial charge in [-0.25, -0.2) is 0 Å². The van der Waals surface area contributed by atoms with Gasteiger partial charge >= 0.3 is 5.97 Å². The second-order valence-corrected chi connectivity index (χ2v) is 4.02. The van der Waals surface area contributed by atoms with Gasteiger partial charge in [0.1, 0.15) is 0 Å². The average Bonchev–Trinajstić information content (AvgIpc) is 1.95. The lowest BCUT2D eigenvalue weighted by atomic mass is 9.83. The number of ether oxygens (including phenoxy) is 1. The van der Waals surface area contributed by atoms with E-state index in [4.69, 9.17) is 4.74 Å². The molecule has 1 aliphatic rings. The van der Waals surface area contributed by atoms with Gasteiger partial charge in [-0.2, -0.15) is 0 Å². The fourth-order valence-electron chi connectivity index (χ4n) is 1.50. The van der Waals surface area contributed by atoms with Crippen LogP contribution in [0.3, 0.4) is 0 Å². The lowest BCUT2D eigenvalue weighted by Crippen LogP contribution is -2.46. The van der Waals surface area contributed by atoms with Gasteiger partial charge in [0.25, 0.3) is 0 Å². The molecule has 1 rings (SSSR count). The van der Waals surface area contributed by atoms with Crippen LogP contribution in [0.15, 0.2) is 0 Å². The summed E-state index contributed by atoms with van der Waals surface area (Å²) in [6.45, 7) is 4.94. The number of carbonyl (C=O) groups excluding carboxylic acids is 1. The van der Waals surface area contributed by atoms with Gasteiger partial charge in [-0.15, -0.1) is 0 Å². The quantitative estimate of drug-likeness (QED) is 0.642. The van der Waals surface area contributed by atoms with Crippen molar-refractivity contribution >= 4 is 5.97 Å². The summed E-state index contributed by atoms with van der Waals surface area (Å²) in [5.74, 6) is -0.115. The number of hydrogen-bond acceptors (Lipinski definition) is 3. The van der Waals surface area contributed by atoms with Crippen molar-refractivity contribution in [3.8, 4) is 0 Å². The van der Waals surface area contributed by atoms with Gasteiger partial charge in [0.2, 0.25) is 0 Å². The fourth-order valence-corrected chi connectivity index (χ4v) is 1.50. The van der Waals surface area contributed by atoms with Gasteiger partial charge in [0, 0.05) is 6.04 Å². The van der Waals surface area contributed by atoms with Crippen molar-refractivity contribution in [1.29, 1.82) is 0 Å². The van der Waals surface area contributed by atoms with Crippen LogP contribution in [0.1, 0.15) is 26.7 Å². The Morgan fingerprint density at radius 1 is 1.67 bits per heavy atom. The van der Waals surface area contributed by atoms with Crippen molar-refractivity contribution in [2.24, 2.45) is 5.41 Å². The van der Waals surface area contributed by atoms with Crippen LogP contribution in [0.5, 0.6) is 0 Å². The van der Waals surface area contributed by atoms with Crippen LogP contribution in [-0.2, 0) is 9.53 Å². The lowest BCUT2D eigenvalue weighted by molar-refractivity contribution is -0.151. The largest absolute Gasteiger partial charge is 0.469 e. The van der Waals surface area contributed by atoms with Crippen LogP contribution in [0, 0.1) is 5.41 Å². The molecular weight excluding hydrogens is 154 g/mol. The molecule has 3 nitrogen and oxygen atoms in total. The summed E-state index contributed by atoms with van der Waals surface area (Å²) in [5.41, 5.74) is -0.340. The third kappa shape index (κ3) is 1.97. The van der Waals surface area contributed by atoms with E-state index in [9.17, 15) is 4.79 Å². The van der Waals surface area contributed by atoms with Crippen molar-refractivity contribution in [3.05, 3.63) is 0 Å². The summed E-state index contributed by atoms with van der Waals surface area (Å²) in [4.78, 5) is 11.3. The van der Waals surface area contributed by atoms with Crippen LogP contribution in [0.25, 0.3) is 0 Å². The molecule has 3 heteroatoms. The Hall–Kier alpha value is -0.570. The van der Waals surface area contributed by atoms with E-state index in [0.717, 1.165) is 13.0 Å². The molecule has 0 aromatic carbocycles. The van der Waals surface area contributed by atoms with E-state index in [1.54, 1.807) is 0 Å². The highest BCUT2D eigenvalue weighted by Crippen LogP contribution is 2.26. The number of nitrogens with one attached hydrogen (secondary N) is 1. The molecule has 0 radical (unpaired) electrons. The normalized spacial score (nSPS) is 23.1. The van der Waals surface area contributed by atoms with Crippen LogP contribution >= 0.6 is 0 Å². The van der Waals surface area contributed by atoms with Gasteiger partial charge in [0.05, 0.1) is 12.5 Å². The standard InChI is InChI=1S/C9H17NO2/c1-9(2,8(11)12-3)6-7-4-5-10-7/h7,10H,4-6H2,1-3H3. The van der Waals surface area contributed by atoms with E-state index >= 15 is 0 Å². The molecule has 1 aliphatic heterocycles. The molecule has 0 aliphatic carbocycles. The Kier molecular flexibility index (Phi) is 2.73. The summed E-state index contributed by atoms with van der Waals surface area (Å²) in [6.07, 6.45) is 2.06. The molecule has 0 bridgehead atoms. The second-order valence-electron chi connectivity index (χ2n) is 4.02. The van der Waals surface area contributed by atoms with Crippen molar-refractivity contribution in [1.82, 2.24) is 5.32 Å². The maximum atomic E-state index is 11.3. The van der Waals surface area contributed by atoms with Crippen LogP contribution < -0.4 is 5.32 Å². The fraction of sp³-hybridized carbons (Fsp3) is 0.889. The molecule has 0 aromatic rings. The number of methoxy groups -OCH3 is 1. The van der Waals surface area contributed by atoms with Crippen molar-refractivity contribution in [2.75, 3.05) is 13.7 Å². The Morgan fingerprint density at radius 2 is 2.25 bits per heavy atom. The average molecular weight is 171 g/mol. The highest BCUT2D eigenvalue weighted by atomic mass is 16.5. The van der Waals surface area contributed by atoms with Crippen molar-refractivity contribution in [3.63, 3.8) is 0 Å². The molecule has 1 saturated heterocycles. The number of hydrogen-bond donors (Lipinski definition) is 1. The molecule has 0 saturated carbocycles. The summed E-state index contributed by atoms with van der Waals surface area (Å²) in [7, 11) is 1.44. The number of carbonyl (C=O) groups is 1. The maximum absolute atomic E-state index is 11.3. The highest BCUT2D eigenvalue weighted by molar-refractivity contribution is 5.75. The summed E-state index contributed by atoms with van der Waals surface area (Å²) in [5, 5.41) is 3.27. The first-order valence-corrected chi connectivity index (χ1v) is 4.38. The zero-order chi connectivity index (χ0) is 9.19. The Labute approximate surface area is 73.5 Å². The maximum Gasteiger partial charge on any atom is 0.311 e. The Morgan fingerprint density at radius 3 is 2.58 bits per heavy atom. The predicted octanol–water partition coefficient (Wildman–Crippen LogP) is 0.938. The molecule has 70 valence electrons. The first-order valence-electron chi connectivity index (χ1n) is 4.38. The molecule has 1 heterocycles. The third-order valence-electron chi connectivity index (χ3n) is 2.42. The molecule has 0 spiro atoms. The lowest BCUT2D eigenvalue weighted by Gasteiger charge is -2.33. The topological polar surface area (TPSA) is 38.3 Å².